The summed E-state index contributed by atoms with van der Waals surface area (Å²) < 4.78 is 0. The molecule has 1 atom stereocenters. The minimum absolute atomic E-state index is 0.0912. The summed E-state index contributed by atoms with van der Waals surface area (Å²) in [5.74, 6) is 0.718. The maximum absolute atomic E-state index is 12.9. The van der Waals surface area contributed by atoms with Crippen LogP contribution in [-0.4, -0.2) is 47.3 Å². The molecule has 0 saturated carbocycles. The second-order valence-corrected chi connectivity index (χ2v) is 7.58. The van der Waals surface area contributed by atoms with E-state index in [9.17, 15) is 9.59 Å². The van der Waals surface area contributed by atoms with Gasteiger partial charge in [0.15, 0.2) is 0 Å². The average Bonchev–Trinajstić information content (AvgIpc) is 2.98. The normalized spacial score (nSPS) is 24.2. The first-order valence-electron chi connectivity index (χ1n) is 9.09. The van der Waals surface area contributed by atoms with Crippen LogP contribution in [0.3, 0.4) is 0 Å². The first kappa shape index (κ1) is 17.0. The molecule has 2 amide bonds. The summed E-state index contributed by atoms with van der Waals surface area (Å²) in [7, 11) is 1.86. The summed E-state index contributed by atoms with van der Waals surface area (Å²) in [6, 6.07) is 8.30. The van der Waals surface area contributed by atoms with E-state index in [4.69, 9.17) is 0 Å². The third kappa shape index (κ3) is 2.94. The third-order valence-corrected chi connectivity index (χ3v) is 5.62. The number of benzene rings is 1. The summed E-state index contributed by atoms with van der Waals surface area (Å²) in [4.78, 5) is 29.4. The van der Waals surface area contributed by atoms with E-state index in [2.05, 4.69) is 26.0 Å². The molecule has 2 heterocycles. The molecule has 1 unspecified atom stereocenters. The molecular weight excluding hydrogens is 300 g/mol. The number of likely N-dealkylation sites (tertiary alicyclic amines) is 2. The summed E-state index contributed by atoms with van der Waals surface area (Å²) in [6.45, 7) is 5.85. The van der Waals surface area contributed by atoms with Crippen LogP contribution in [0.15, 0.2) is 24.3 Å². The van der Waals surface area contributed by atoms with Gasteiger partial charge in [-0.1, -0.05) is 38.1 Å². The van der Waals surface area contributed by atoms with Gasteiger partial charge in [-0.2, -0.15) is 0 Å². The van der Waals surface area contributed by atoms with Gasteiger partial charge in [-0.15, -0.1) is 0 Å². The molecule has 0 radical (unpaired) electrons. The van der Waals surface area contributed by atoms with Crippen LogP contribution in [0.4, 0.5) is 0 Å². The van der Waals surface area contributed by atoms with E-state index in [-0.39, 0.29) is 11.8 Å². The molecule has 0 aliphatic carbocycles. The van der Waals surface area contributed by atoms with Crippen molar-refractivity contribution >= 4 is 11.8 Å². The maximum atomic E-state index is 12.9. The molecular formula is C20H28N2O2. The van der Waals surface area contributed by atoms with Crippen LogP contribution < -0.4 is 0 Å². The van der Waals surface area contributed by atoms with E-state index in [1.807, 2.05) is 24.1 Å². The Kier molecular flexibility index (Phi) is 4.66. The van der Waals surface area contributed by atoms with Crippen molar-refractivity contribution in [1.82, 2.24) is 9.80 Å². The number of hydrogen-bond donors (Lipinski definition) is 0. The van der Waals surface area contributed by atoms with Crippen molar-refractivity contribution in [2.75, 3.05) is 20.1 Å². The number of nitrogens with zero attached hydrogens (tertiary/aromatic N) is 2. The van der Waals surface area contributed by atoms with Gasteiger partial charge < -0.3 is 9.80 Å². The lowest BCUT2D eigenvalue weighted by atomic mass is 9.85. The van der Waals surface area contributed by atoms with Gasteiger partial charge in [0.25, 0.3) is 0 Å². The lowest BCUT2D eigenvalue weighted by Gasteiger charge is -2.43. The fourth-order valence-corrected chi connectivity index (χ4v) is 4.19. The van der Waals surface area contributed by atoms with E-state index in [0.717, 1.165) is 37.8 Å². The molecule has 24 heavy (non-hydrogen) atoms. The third-order valence-electron chi connectivity index (χ3n) is 5.62. The summed E-state index contributed by atoms with van der Waals surface area (Å²) in [5.41, 5.74) is 1.75. The van der Waals surface area contributed by atoms with Crippen molar-refractivity contribution in [3.63, 3.8) is 0 Å². The number of rotatable bonds is 3. The molecule has 1 spiro atoms. The van der Waals surface area contributed by atoms with Crippen molar-refractivity contribution in [1.29, 1.82) is 0 Å². The van der Waals surface area contributed by atoms with Crippen molar-refractivity contribution in [3.05, 3.63) is 35.4 Å². The zero-order valence-corrected chi connectivity index (χ0v) is 15.0. The molecule has 3 rings (SSSR count). The van der Waals surface area contributed by atoms with Crippen molar-refractivity contribution < 1.29 is 9.59 Å². The predicted molar refractivity (Wildman–Crippen MR) is 94.8 cm³/mol. The molecule has 4 heteroatoms. The van der Waals surface area contributed by atoms with Gasteiger partial charge in [0, 0.05) is 20.1 Å². The molecule has 0 N–H and O–H groups in total. The molecule has 0 bridgehead atoms. The Morgan fingerprint density at radius 3 is 2.38 bits per heavy atom. The van der Waals surface area contributed by atoms with E-state index in [0.29, 0.717) is 18.9 Å². The molecule has 2 saturated heterocycles. The molecule has 4 nitrogen and oxygen atoms in total. The molecule has 1 aromatic carbocycles. The van der Waals surface area contributed by atoms with Crippen LogP contribution in [-0.2, 0) is 16.0 Å². The van der Waals surface area contributed by atoms with E-state index >= 15 is 0 Å². The molecule has 1 aromatic rings. The van der Waals surface area contributed by atoms with Gasteiger partial charge in [-0.05, 0) is 42.7 Å². The Morgan fingerprint density at radius 2 is 1.75 bits per heavy atom. The summed E-state index contributed by atoms with van der Waals surface area (Å²) in [5, 5.41) is 0. The number of amides is 2. The van der Waals surface area contributed by atoms with E-state index in [1.165, 1.54) is 5.56 Å². The molecule has 2 aliphatic heterocycles. The first-order valence-corrected chi connectivity index (χ1v) is 9.09. The fraction of sp³-hybridized carbons (Fsp3) is 0.600. The van der Waals surface area contributed by atoms with Crippen molar-refractivity contribution in [2.24, 2.45) is 0 Å². The lowest BCUT2D eigenvalue weighted by Crippen LogP contribution is -2.60. The highest BCUT2D eigenvalue weighted by Crippen LogP contribution is 2.38. The lowest BCUT2D eigenvalue weighted by molar-refractivity contribution is -0.153. The first-order chi connectivity index (χ1) is 11.4. The Morgan fingerprint density at radius 1 is 1.12 bits per heavy atom. The highest BCUT2D eigenvalue weighted by Gasteiger charge is 2.51. The summed E-state index contributed by atoms with van der Waals surface area (Å²) in [6.07, 6.45) is 3.92. The second-order valence-electron chi connectivity index (χ2n) is 7.58. The Hall–Kier alpha value is -1.84. The molecule has 2 aliphatic rings. The Balaban J connectivity index is 1.75. The van der Waals surface area contributed by atoms with Crippen LogP contribution in [0.1, 0.15) is 56.6 Å². The quantitative estimate of drug-likeness (QED) is 0.856. The van der Waals surface area contributed by atoms with Gasteiger partial charge in [0.2, 0.25) is 11.8 Å². The van der Waals surface area contributed by atoms with Crippen LogP contribution in [0.5, 0.6) is 0 Å². The fourth-order valence-electron chi connectivity index (χ4n) is 4.19. The van der Waals surface area contributed by atoms with Gasteiger partial charge in [-0.25, -0.2) is 0 Å². The predicted octanol–water partition coefficient (Wildman–Crippen LogP) is 2.97. The average molecular weight is 328 g/mol. The highest BCUT2D eigenvalue weighted by molar-refractivity contribution is 5.93. The number of piperidine rings is 1. The Labute approximate surface area is 144 Å². The molecule has 0 aromatic heterocycles. The zero-order chi connectivity index (χ0) is 17.3. The van der Waals surface area contributed by atoms with Gasteiger partial charge >= 0.3 is 0 Å². The van der Waals surface area contributed by atoms with Crippen molar-refractivity contribution in [3.8, 4) is 0 Å². The van der Waals surface area contributed by atoms with E-state index in [1.54, 1.807) is 4.90 Å². The standard InChI is InChI=1S/C20H28N2O2/c1-15(2)17-8-6-16(7-9-17)14-18(23)22-13-5-11-20(22)10-4-12-21(3)19(20)24/h6-9,15H,4-5,10-14H2,1-3H3. The number of carbonyl (C=O) groups excluding carboxylic acids is 2. The van der Waals surface area contributed by atoms with Crippen LogP contribution in [0.2, 0.25) is 0 Å². The number of carbonyl (C=O) groups is 2. The monoisotopic (exact) mass is 328 g/mol. The van der Waals surface area contributed by atoms with Crippen LogP contribution in [0.25, 0.3) is 0 Å². The van der Waals surface area contributed by atoms with Gasteiger partial charge in [0.1, 0.15) is 5.54 Å². The molecule has 2 fully saturated rings. The smallest absolute Gasteiger partial charge is 0.248 e. The Bertz CT molecular complexity index is 623. The maximum Gasteiger partial charge on any atom is 0.248 e. The summed E-state index contributed by atoms with van der Waals surface area (Å²) >= 11 is 0. The number of hydrogen-bond acceptors (Lipinski definition) is 2. The molecule has 130 valence electrons. The minimum Gasteiger partial charge on any atom is -0.344 e. The second kappa shape index (κ2) is 6.58. The van der Waals surface area contributed by atoms with Crippen LogP contribution in [0, 0.1) is 0 Å². The zero-order valence-electron chi connectivity index (χ0n) is 15.0. The van der Waals surface area contributed by atoms with Crippen molar-refractivity contribution in [2.45, 2.75) is 57.4 Å². The highest BCUT2D eigenvalue weighted by atomic mass is 16.2. The SMILES string of the molecule is CC(C)c1ccc(CC(=O)N2CCCC23CCCN(C)C3=O)cc1. The van der Waals surface area contributed by atoms with Gasteiger partial charge in [0.05, 0.1) is 6.42 Å². The van der Waals surface area contributed by atoms with Crippen LogP contribution >= 0.6 is 0 Å². The largest absolute Gasteiger partial charge is 0.344 e. The van der Waals surface area contributed by atoms with E-state index < -0.39 is 5.54 Å². The number of likely N-dealkylation sites (N-methyl/N-ethyl adjacent to an activating group) is 1. The topological polar surface area (TPSA) is 40.6 Å². The van der Waals surface area contributed by atoms with Gasteiger partial charge in [-0.3, -0.25) is 9.59 Å². The minimum atomic E-state index is -0.568.